The summed E-state index contributed by atoms with van der Waals surface area (Å²) in [4.78, 5) is 65.1. The van der Waals surface area contributed by atoms with Gasteiger partial charge in [0.05, 0.1) is 6.04 Å². The lowest BCUT2D eigenvalue weighted by molar-refractivity contribution is -0.144. The molecule has 0 rings (SSSR count). The van der Waals surface area contributed by atoms with E-state index in [-0.39, 0.29) is 25.3 Å². The molecule has 37 heavy (non-hydrogen) atoms. The molecule has 0 heterocycles. The maximum atomic E-state index is 13.1. The number of aliphatic imine (C=N–C) groups is 1. The van der Waals surface area contributed by atoms with E-state index in [4.69, 9.17) is 22.3 Å². The highest BCUT2D eigenvalue weighted by Gasteiger charge is 2.32. The molecule has 0 saturated carbocycles. The fraction of sp³-hybridized carbons (Fsp3) is 0.727. The van der Waals surface area contributed by atoms with Crippen molar-refractivity contribution in [3.63, 3.8) is 0 Å². The molecule has 0 aromatic rings. The predicted molar refractivity (Wildman–Crippen MR) is 141 cm³/mol. The van der Waals surface area contributed by atoms with Crippen LogP contribution in [0.4, 0.5) is 0 Å². The molecule has 0 aliphatic carbocycles. The van der Waals surface area contributed by atoms with Crippen molar-refractivity contribution in [2.45, 2.75) is 76.5 Å². The van der Waals surface area contributed by atoms with Crippen LogP contribution in [0.1, 0.15) is 52.4 Å². The first kappa shape index (κ1) is 33.9. The maximum absolute atomic E-state index is 13.1. The van der Waals surface area contributed by atoms with Crippen molar-refractivity contribution in [2.24, 2.45) is 28.1 Å². The van der Waals surface area contributed by atoms with Crippen molar-refractivity contribution in [3.05, 3.63) is 0 Å². The zero-order chi connectivity index (χ0) is 28.5. The van der Waals surface area contributed by atoms with E-state index < -0.39 is 66.2 Å². The van der Waals surface area contributed by atoms with Crippen molar-refractivity contribution in [1.82, 2.24) is 16.0 Å². The third kappa shape index (κ3) is 14.3. The van der Waals surface area contributed by atoms with Gasteiger partial charge in [0, 0.05) is 13.0 Å². The largest absolute Gasteiger partial charge is 0.481 e. The van der Waals surface area contributed by atoms with E-state index >= 15 is 0 Å². The van der Waals surface area contributed by atoms with Crippen LogP contribution in [0.5, 0.6) is 0 Å². The van der Waals surface area contributed by atoms with E-state index in [1.54, 1.807) is 13.8 Å². The standard InChI is InChI=1S/C22H41N7O7S/c1-4-12(2)17(21(35)36)29-20(34)15(7-8-16(30)31)28-19(33)14(6-5-10-26-22(24)25)27-18(32)13(23)9-11-37-3/h12-15,17H,4-11,23H2,1-3H3,(H,27,32)(H,28,33)(H,29,34)(H,30,31)(H,35,36)(H4,24,25,26). The summed E-state index contributed by atoms with van der Waals surface area (Å²) in [6.45, 7) is 3.58. The SMILES string of the molecule is CCC(C)C(NC(=O)C(CCC(=O)O)NC(=O)C(CCCN=C(N)N)NC(=O)C(N)CCSC)C(=O)O. The lowest BCUT2D eigenvalue weighted by Crippen LogP contribution is -2.57. The molecule has 0 saturated heterocycles. The number of nitrogens with zero attached hydrogens (tertiary/aromatic N) is 1. The van der Waals surface area contributed by atoms with Gasteiger partial charge in [0.1, 0.15) is 18.1 Å². The minimum atomic E-state index is -1.35. The van der Waals surface area contributed by atoms with Crippen LogP contribution in [0.3, 0.4) is 0 Å². The summed E-state index contributed by atoms with van der Waals surface area (Å²) in [5, 5.41) is 26.0. The quantitative estimate of drug-likeness (QED) is 0.0528. The number of aliphatic carboxylic acids is 2. The van der Waals surface area contributed by atoms with Gasteiger partial charge in [-0.25, -0.2) is 4.79 Å². The third-order valence-corrected chi connectivity index (χ3v) is 6.25. The van der Waals surface area contributed by atoms with E-state index in [9.17, 15) is 29.1 Å². The number of nitrogens with two attached hydrogens (primary N) is 3. The first-order valence-corrected chi connectivity index (χ1v) is 13.4. The van der Waals surface area contributed by atoms with Crippen LogP contribution in [0.15, 0.2) is 4.99 Å². The molecule has 0 aromatic heterocycles. The summed E-state index contributed by atoms with van der Waals surface area (Å²) >= 11 is 1.51. The van der Waals surface area contributed by atoms with Crippen LogP contribution >= 0.6 is 11.8 Å². The molecule has 5 atom stereocenters. The monoisotopic (exact) mass is 547 g/mol. The zero-order valence-corrected chi connectivity index (χ0v) is 22.4. The Kier molecular flexibility index (Phi) is 16.7. The fourth-order valence-corrected chi connectivity index (χ4v) is 3.66. The Morgan fingerprint density at radius 3 is 2.00 bits per heavy atom. The normalized spacial score (nSPS) is 14.8. The van der Waals surface area contributed by atoms with Gasteiger partial charge in [0.15, 0.2) is 5.96 Å². The molecule has 15 heteroatoms. The molecule has 0 fully saturated rings. The van der Waals surface area contributed by atoms with Gasteiger partial charge in [0.25, 0.3) is 0 Å². The highest BCUT2D eigenvalue weighted by Crippen LogP contribution is 2.10. The molecular formula is C22H41N7O7S. The molecular weight excluding hydrogens is 506 g/mol. The lowest BCUT2D eigenvalue weighted by Gasteiger charge is -2.26. The first-order valence-electron chi connectivity index (χ1n) is 12.0. The zero-order valence-electron chi connectivity index (χ0n) is 21.6. The topological polar surface area (TPSA) is 252 Å². The summed E-state index contributed by atoms with van der Waals surface area (Å²) in [5.74, 6) is -4.54. The molecule has 0 bridgehead atoms. The second kappa shape index (κ2) is 18.2. The average molecular weight is 548 g/mol. The Bertz CT molecular complexity index is 808. The molecule has 0 radical (unpaired) electrons. The average Bonchev–Trinajstić information content (AvgIpc) is 2.83. The number of nitrogens with one attached hydrogen (secondary N) is 3. The second-order valence-electron chi connectivity index (χ2n) is 8.60. The van der Waals surface area contributed by atoms with Gasteiger partial charge in [-0.05, 0) is 43.6 Å². The van der Waals surface area contributed by atoms with Gasteiger partial charge in [0.2, 0.25) is 17.7 Å². The van der Waals surface area contributed by atoms with Crippen molar-refractivity contribution < 1.29 is 34.2 Å². The second-order valence-corrected chi connectivity index (χ2v) is 9.59. The van der Waals surface area contributed by atoms with Crippen molar-refractivity contribution in [2.75, 3.05) is 18.6 Å². The minimum absolute atomic E-state index is 0.0987. The molecule has 5 unspecified atom stereocenters. The lowest BCUT2D eigenvalue weighted by atomic mass is 9.98. The number of rotatable bonds is 19. The van der Waals surface area contributed by atoms with Gasteiger partial charge in [-0.15, -0.1) is 0 Å². The van der Waals surface area contributed by atoms with E-state index in [2.05, 4.69) is 20.9 Å². The maximum Gasteiger partial charge on any atom is 0.326 e. The summed E-state index contributed by atoms with van der Waals surface area (Å²) in [6.07, 6.45) is 2.36. The number of hydrogen-bond acceptors (Lipinski definition) is 8. The van der Waals surface area contributed by atoms with E-state index in [1.807, 2.05) is 6.26 Å². The van der Waals surface area contributed by atoms with Gasteiger partial charge in [-0.1, -0.05) is 20.3 Å². The molecule has 11 N–H and O–H groups in total. The number of thioether (sulfide) groups is 1. The van der Waals surface area contributed by atoms with Gasteiger partial charge in [-0.2, -0.15) is 11.8 Å². The first-order chi connectivity index (χ1) is 17.3. The molecule has 0 aliphatic heterocycles. The van der Waals surface area contributed by atoms with Crippen molar-refractivity contribution >= 4 is 47.4 Å². The van der Waals surface area contributed by atoms with E-state index in [0.29, 0.717) is 25.0 Å². The van der Waals surface area contributed by atoms with Crippen LogP contribution in [0, 0.1) is 5.92 Å². The third-order valence-electron chi connectivity index (χ3n) is 5.60. The van der Waals surface area contributed by atoms with E-state index in [0.717, 1.165) is 0 Å². The molecule has 212 valence electrons. The van der Waals surface area contributed by atoms with Crippen LogP contribution < -0.4 is 33.2 Å². The van der Waals surface area contributed by atoms with Crippen LogP contribution in [0.25, 0.3) is 0 Å². The summed E-state index contributed by atoms with van der Waals surface area (Å²) in [7, 11) is 0. The molecule has 0 spiro atoms. The number of carbonyl (C=O) groups excluding carboxylic acids is 3. The van der Waals surface area contributed by atoms with Gasteiger partial charge >= 0.3 is 11.9 Å². The molecule has 3 amide bonds. The van der Waals surface area contributed by atoms with Gasteiger partial charge in [-0.3, -0.25) is 24.2 Å². The number of carboxylic acid groups (broad SMARTS) is 2. The Morgan fingerprint density at radius 1 is 0.919 bits per heavy atom. The Morgan fingerprint density at radius 2 is 1.49 bits per heavy atom. The highest BCUT2D eigenvalue weighted by molar-refractivity contribution is 7.98. The number of carboxylic acids is 2. The van der Waals surface area contributed by atoms with E-state index in [1.165, 1.54) is 11.8 Å². The highest BCUT2D eigenvalue weighted by atomic mass is 32.2. The van der Waals surface area contributed by atoms with Crippen LogP contribution in [-0.4, -0.2) is 88.6 Å². The fourth-order valence-electron chi connectivity index (χ4n) is 3.17. The number of hydrogen-bond donors (Lipinski definition) is 8. The minimum Gasteiger partial charge on any atom is -0.481 e. The Balaban J connectivity index is 5.69. The molecule has 0 aliphatic rings. The predicted octanol–water partition coefficient (Wildman–Crippen LogP) is -1.43. The summed E-state index contributed by atoms with van der Waals surface area (Å²) in [5.41, 5.74) is 16.5. The summed E-state index contributed by atoms with van der Waals surface area (Å²) < 4.78 is 0. The smallest absolute Gasteiger partial charge is 0.326 e. The summed E-state index contributed by atoms with van der Waals surface area (Å²) in [6, 6.07) is -4.56. The van der Waals surface area contributed by atoms with Crippen LogP contribution in [-0.2, 0) is 24.0 Å². The number of guanidine groups is 1. The number of carbonyl (C=O) groups is 5. The van der Waals surface area contributed by atoms with Crippen molar-refractivity contribution in [1.29, 1.82) is 0 Å². The van der Waals surface area contributed by atoms with Crippen molar-refractivity contribution in [3.8, 4) is 0 Å². The molecule has 0 aromatic carbocycles. The number of amides is 3. The van der Waals surface area contributed by atoms with Gasteiger partial charge < -0.3 is 43.4 Å². The Labute approximate surface area is 220 Å². The van der Waals surface area contributed by atoms with Crippen LogP contribution in [0.2, 0.25) is 0 Å². The molecule has 14 nitrogen and oxygen atoms in total. The Hall–Kier alpha value is -3.07.